The number of ketones is 2. The molecule has 0 aliphatic carbocycles. The molecular formula is C25H43N7O9. The zero-order valence-electron chi connectivity index (χ0n) is 24.2. The first-order chi connectivity index (χ1) is 19.0. The molecule has 0 fully saturated rings. The maximum atomic E-state index is 13.0. The summed E-state index contributed by atoms with van der Waals surface area (Å²) >= 11 is 0. The number of hydrogen-bond acceptors (Lipinski definition) is 13. The van der Waals surface area contributed by atoms with E-state index in [0.29, 0.717) is 6.21 Å². The van der Waals surface area contributed by atoms with Gasteiger partial charge in [0.05, 0.1) is 19.3 Å². The van der Waals surface area contributed by atoms with E-state index in [1.54, 1.807) is 39.8 Å². The predicted molar refractivity (Wildman–Crippen MR) is 146 cm³/mol. The van der Waals surface area contributed by atoms with Gasteiger partial charge in [-0.15, -0.1) is 0 Å². The monoisotopic (exact) mass is 585 g/mol. The van der Waals surface area contributed by atoms with Gasteiger partial charge in [0.15, 0.2) is 5.78 Å². The number of Topliss-reactive ketones (excluding diaryl/α,β-unsaturated/α-hetero) is 2. The van der Waals surface area contributed by atoms with Gasteiger partial charge < -0.3 is 41.6 Å². The van der Waals surface area contributed by atoms with Gasteiger partial charge in [-0.2, -0.15) is 5.90 Å². The Kier molecular flexibility index (Phi) is 16.9. The molecule has 16 heteroatoms. The molecule has 0 aromatic rings. The van der Waals surface area contributed by atoms with E-state index >= 15 is 0 Å². The van der Waals surface area contributed by atoms with Crippen LogP contribution in [0.2, 0.25) is 0 Å². The van der Waals surface area contributed by atoms with Crippen molar-refractivity contribution in [1.82, 2.24) is 20.9 Å². The second kappa shape index (κ2) is 18.6. The molecule has 0 saturated heterocycles. The maximum Gasteiger partial charge on any atom is 0.347 e. The molecule has 3 atom stereocenters. The first-order valence-electron chi connectivity index (χ1n) is 12.9. The average molecular weight is 586 g/mol. The van der Waals surface area contributed by atoms with E-state index in [0.717, 1.165) is 0 Å². The largest absolute Gasteiger partial charge is 0.458 e. The number of nitrogens with one attached hydrogen (secondary N) is 4. The van der Waals surface area contributed by atoms with Gasteiger partial charge in [0.25, 0.3) is 0 Å². The van der Waals surface area contributed by atoms with E-state index in [1.807, 2.05) is 0 Å². The molecule has 0 aliphatic heterocycles. The van der Waals surface area contributed by atoms with Gasteiger partial charge in [0.2, 0.25) is 17.7 Å². The Morgan fingerprint density at radius 3 is 1.88 bits per heavy atom. The molecule has 0 saturated carbocycles. The molecule has 0 spiro atoms. The molecule has 3 amide bonds. The summed E-state index contributed by atoms with van der Waals surface area (Å²) in [6.07, 6.45) is -0.768. The van der Waals surface area contributed by atoms with E-state index in [4.69, 9.17) is 21.8 Å². The number of rotatable bonds is 19. The zero-order chi connectivity index (χ0) is 31.8. The van der Waals surface area contributed by atoms with Crippen LogP contribution in [0.5, 0.6) is 0 Å². The number of hydrogen-bond donors (Lipinski definition) is 6. The van der Waals surface area contributed by atoms with Crippen molar-refractivity contribution in [3.05, 3.63) is 0 Å². The van der Waals surface area contributed by atoms with E-state index in [1.165, 1.54) is 0 Å². The second-order valence-corrected chi connectivity index (χ2v) is 10.5. The number of carbonyl (C=O) groups is 7. The molecule has 41 heavy (non-hydrogen) atoms. The van der Waals surface area contributed by atoms with Crippen LogP contribution in [-0.2, 0) is 43.1 Å². The Bertz CT molecular complexity index is 964. The number of esters is 1. The summed E-state index contributed by atoms with van der Waals surface area (Å²) in [6.45, 7) is 4.64. The summed E-state index contributed by atoms with van der Waals surface area (Å²) in [4.78, 5) is 91.8. The molecule has 16 nitrogen and oxygen atoms in total. The Hall–Kier alpha value is -3.76. The van der Waals surface area contributed by atoms with Gasteiger partial charge >= 0.3 is 11.9 Å². The number of amides is 3. The number of carbonyl (C=O) groups excluding carboxylic acids is 7. The van der Waals surface area contributed by atoms with Crippen LogP contribution < -0.4 is 27.6 Å². The number of nitrogens with two attached hydrogens (primary N) is 2. The van der Waals surface area contributed by atoms with Crippen molar-refractivity contribution >= 4 is 47.4 Å². The fourth-order valence-electron chi connectivity index (χ4n) is 3.33. The highest BCUT2D eigenvalue weighted by molar-refractivity contribution is 6.26. The summed E-state index contributed by atoms with van der Waals surface area (Å²) in [5, 5.41) is 14.3. The molecular weight excluding hydrogens is 542 g/mol. The molecule has 0 aliphatic rings. The van der Waals surface area contributed by atoms with Crippen molar-refractivity contribution in [2.24, 2.45) is 11.6 Å². The number of likely N-dealkylation sites (N-methyl/N-ethyl adjacent to an activating group) is 1. The van der Waals surface area contributed by atoms with Gasteiger partial charge in [-0.05, 0) is 54.1 Å². The molecule has 3 unspecified atom stereocenters. The van der Waals surface area contributed by atoms with Crippen LogP contribution in [0, 0.1) is 5.41 Å². The first kappa shape index (κ1) is 37.2. The molecule has 0 aromatic heterocycles. The van der Waals surface area contributed by atoms with Crippen LogP contribution in [-0.4, -0.2) is 103 Å². The van der Waals surface area contributed by atoms with Crippen LogP contribution >= 0.6 is 0 Å². The summed E-state index contributed by atoms with van der Waals surface area (Å²) in [5.74, 6) is 0.0807. The highest BCUT2D eigenvalue weighted by atomic mass is 16.7. The third-order valence-electron chi connectivity index (χ3n) is 5.30. The average Bonchev–Trinajstić information content (AvgIpc) is 2.88. The van der Waals surface area contributed by atoms with Crippen molar-refractivity contribution in [2.45, 2.75) is 83.0 Å². The highest BCUT2D eigenvalue weighted by Crippen LogP contribution is 2.12. The topological polar surface area (TPSA) is 253 Å². The molecule has 0 bridgehead atoms. The minimum absolute atomic E-state index is 0.0132. The van der Waals surface area contributed by atoms with Crippen LogP contribution in [0.1, 0.15) is 59.3 Å². The summed E-state index contributed by atoms with van der Waals surface area (Å²) < 4.78 is 5.35. The van der Waals surface area contributed by atoms with Crippen molar-refractivity contribution in [2.75, 3.05) is 27.2 Å². The lowest BCUT2D eigenvalue weighted by molar-refractivity contribution is -0.159. The minimum Gasteiger partial charge on any atom is -0.458 e. The lowest BCUT2D eigenvalue weighted by atomic mass is 10.0. The summed E-state index contributed by atoms with van der Waals surface area (Å²) in [6, 6.07) is -3.84. The smallest absolute Gasteiger partial charge is 0.347 e. The lowest BCUT2D eigenvalue weighted by Crippen LogP contribution is -2.52. The highest BCUT2D eigenvalue weighted by Gasteiger charge is 2.30. The Labute approximate surface area is 239 Å². The minimum atomic E-state index is -1.37. The van der Waals surface area contributed by atoms with E-state index in [9.17, 15) is 33.6 Å². The van der Waals surface area contributed by atoms with Gasteiger partial charge in [-0.25, -0.2) is 9.59 Å². The normalized spacial score (nSPS) is 13.3. The van der Waals surface area contributed by atoms with Crippen molar-refractivity contribution in [3.63, 3.8) is 0 Å². The van der Waals surface area contributed by atoms with Gasteiger partial charge in [-0.1, -0.05) is 0 Å². The molecule has 8 N–H and O–H groups in total. The summed E-state index contributed by atoms with van der Waals surface area (Å²) in [5.41, 5.74) is 4.48. The SMILES string of the molecule is CN(C)CC(=O)NC(CCC(=O)NC(CCC(=O)CN)C(=O)NC(CCC(=O)C=N)C(=O)ON)C(=O)OC(C)(C)C. The quantitative estimate of drug-likeness (QED) is 0.0539. The molecule has 0 aromatic carbocycles. The Balaban J connectivity index is 5.63. The van der Waals surface area contributed by atoms with Gasteiger partial charge in [-0.3, -0.25) is 24.0 Å². The van der Waals surface area contributed by atoms with Crippen molar-refractivity contribution in [1.29, 1.82) is 5.41 Å². The van der Waals surface area contributed by atoms with Crippen LogP contribution in [0.25, 0.3) is 0 Å². The van der Waals surface area contributed by atoms with Crippen LogP contribution in [0.4, 0.5) is 0 Å². The van der Waals surface area contributed by atoms with E-state index in [-0.39, 0.29) is 57.4 Å². The zero-order valence-corrected chi connectivity index (χ0v) is 24.2. The third-order valence-corrected chi connectivity index (χ3v) is 5.30. The first-order valence-corrected chi connectivity index (χ1v) is 12.9. The standard InChI is InChI=1S/C25H43N7O9/c1-25(2,3)40-23(38)18(30-21(36)14-32(4)5)10-11-20(35)29-17(8-6-15(33)12-26)22(37)31-19(24(39)41-28)9-7-16(34)13-27/h13,17-19,27H,6-12,14,26,28H2,1-5H3,(H,29,35)(H,30,36)(H,31,37). The lowest BCUT2D eigenvalue weighted by Gasteiger charge is -2.25. The van der Waals surface area contributed by atoms with Gasteiger partial charge in [0.1, 0.15) is 29.5 Å². The Morgan fingerprint density at radius 2 is 1.37 bits per heavy atom. The Morgan fingerprint density at radius 1 is 0.829 bits per heavy atom. The fourth-order valence-corrected chi connectivity index (χ4v) is 3.33. The molecule has 0 rings (SSSR count). The predicted octanol–water partition coefficient (Wildman–Crippen LogP) is -2.15. The van der Waals surface area contributed by atoms with Crippen LogP contribution in [0.15, 0.2) is 0 Å². The maximum absolute atomic E-state index is 13.0. The molecule has 0 radical (unpaired) electrons. The van der Waals surface area contributed by atoms with Crippen molar-refractivity contribution < 1.29 is 43.1 Å². The molecule has 0 heterocycles. The molecule has 232 valence electrons. The number of nitrogens with zero attached hydrogens (tertiary/aromatic N) is 1. The third kappa shape index (κ3) is 16.8. The fraction of sp³-hybridized carbons (Fsp3) is 0.680. The number of ether oxygens (including phenoxy) is 1. The second-order valence-electron chi connectivity index (χ2n) is 10.5. The van der Waals surface area contributed by atoms with Gasteiger partial charge in [0, 0.05) is 19.3 Å². The summed E-state index contributed by atoms with van der Waals surface area (Å²) in [7, 11) is 3.33. The van der Waals surface area contributed by atoms with E-state index in [2.05, 4.69) is 20.8 Å². The van der Waals surface area contributed by atoms with E-state index < -0.39 is 59.2 Å². The van der Waals surface area contributed by atoms with Crippen molar-refractivity contribution in [3.8, 4) is 0 Å². The van der Waals surface area contributed by atoms with Crippen LogP contribution in [0.3, 0.4) is 0 Å².